The molecule has 1 aliphatic heterocycles. The van der Waals surface area contributed by atoms with Gasteiger partial charge in [0.2, 0.25) is 0 Å². The molecule has 3 rings (SSSR count). The smallest absolute Gasteiger partial charge is 0.166 e. The Hall–Kier alpha value is -1.55. The highest BCUT2D eigenvalue weighted by Crippen LogP contribution is 2.45. The second kappa shape index (κ2) is 4.61. The highest BCUT2D eigenvalue weighted by atomic mass is 32.2. The van der Waals surface area contributed by atoms with Crippen molar-refractivity contribution in [3.8, 4) is 0 Å². The highest BCUT2D eigenvalue weighted by molar-refractivity contribution is 7.99. The van der Waals surface area contributed by atoms with Gasteiger partial charge in [0, 0.05) is 23.8 Å². The first-order chi connectivity index (χ1) is 8.83. The van der Waals surface area contributed by atoms with Crippen LogP contribution in [-0.2, 0) is 6.42 Å². The summed E-state index contributed by atoms with van der Waals surface area (Å²) in [4.78, 5) is 12.4. The minimum Gasteiger partial charge on any atom is -0.323 e. The van der Waals surface area contributed by atoms with Crippen LogP contribution < -0.4 is 4.90 Å². The van der Waals surface area contributed by atoms with Crippen molar-refractivity contribution in [2.75, 3.05) is 11.4 Å². The molecule has 0 unspecified atom stereocenters. The average molecular weight is 257 g/mol. The molecule has 0 spiro atoms. The van der Waals surface area contributed by atoms with Gasteiger partial charge in [-0.1, -0.05) is 24.8 Å². The quantitative estimate of drug-likeness (QED) is 0.821. The van der Waals surface area contributed by atoms with Gasteiger partial charge in [0.05, 0.1) is 5.69 Å². The average Bonchev–Trinajstić information content (AvgIpc) is 2.44. The van der Waals surface area contributed by atoms with Crippen molar-refractivity contribution in [1.82, 2.24) is 9.97 Å². The molecular weight excluding hydrogens is 242 g/mol. The molecule has 3 nitrogen and oxygen atoms in total. The maximum Gasteiger partial charge on any atom is 0.166 e. The first kappa shape index (κ1) is 11.5. The van der Waals surface area contributed by atoms with Gasteiger partial charge in [-0.05, 0) is 31.0 Å². The maximum absolute atomic E-state index is 4.47. The fraction of sp³-hybridized carbons (Fsp3) is 0.286. The molecule has 0 aliphatic carbocycles. The molecule has 0 fully saturated rings. The van der Waals surface area contributed by atoms with Gasteiger partial charge in [-0.15, -0.1) is 0 Å². The van der Waals surface area contributed by atoms with Crippen molar-refractivity contribution >= 4 is 23.3 Å². The van der Waals surface area contributed by atoms with Crippen molar-refractivity contribution in [2.24, 2.45) is 0 Å². The van der Waals surface area contributed by atoms with E-state index in [1.165, 1.54) is 16.1 Å². The number of fused-ring (bicyclic) bond motifs is 2. The summed E-state index contributed by atoms with van der Waals surface area (Å²) >= 11 is 1.71. The monoisotopic (exact) mass is 257 g/mol. The Labute approximate surface area is 111 Å². The molecule has 0 N–H and O–H groups in total. The summed E-state index contributed by atoms with van der Waals surface area (Å²) < 4.78 is 0. The zero-order chi connectivity index (χ0) is 12.5. The van der Waals surface area contributed by atoms with E-state index < -0.39 is 0 Å². The zero-order valence-corrected chi connectivity index (χ0v) is 11.4. The van der Waals surface area contributed by atoms with Crippen molar-refractivity contribution < 1.29 is 0 Å². The molecule has 1 aromatic heterocycles. The predicted molar refractivity (Wildman–Crippen MR) is 74.7 cm³/mol. The first-order valence-corrected chi connectivity index (χ1v) is 7.04. The predicted octanol–water partition coefficient (Wildman–Crippen LogP) is 3.66. The Kier molecular flexibility index (Phi) is 2.96. The molecule has 2 aromatic rings. The summed E-state index contributed by atoms with van der Waals surface area (Å²) in [6.45, 7) is 5.24. The molecule has 1 aromatic carbocycles. The third kappa shape index (κ3) is 1.77. The van der Waals surface area contributed by atoms with Gasteiger partial charge < -0.3 is 4.90 Å². The second-order valence-electron chi connectivity index (χ2n) is 4.19. The molecule has 0 atom stereocenters. The Bertz CT molecular complexity index is 583. The van der Waals surface area contributed by atoms with E-state index in [0.717, 1.165) is 23.8 Å². The summed E-state index contributed by atoms with van der Waals surface area (Å²) in [6, 6.07) is 6.66. The van der Waals surface area contributed by atoms with Crippen LogP contribution in [0.15, 0.2) is 40.5 Å². The fourth-order valence-electron chi connectivity index (χ4n) is 2.19. The summed E-state index contributed by atoms with van der Waals surface area (Å²) in [5.41, 5.74) is 2.62. The van der Waals surface area contributed by atoms with E-state index in [1.54, 1.807) is 24.2 Å². The zero-order valence-electron chi connectivity index (χ0n) is 10.6. The number of nitrogens with zero attached hydrogens (tertiary/aromatic N) is 3. The van der Waals surface area contributed by atoms with Crippen molar-refractivity contribution in [3.63, 3.8) is 0 Å². The Morgan fingerprint density at radius 3 is 2.78 bits per heavy atom. The number of benzene rings is 1. The minimum atomic E-state index is 0.909. The van der Waals surface area contributed by atoms with E-state index in [1.807, 2.05) is 0 Å². The lowest BCUT2D eigenvalue weighted by atomic mass is 10.1. The molecule has 2 heterocycles. The Morgan fingerprint density at radius 1 is 1.17 bits per heavy atom. The number of hydrogen-bond acceptors (Lipinski definition) is 4. The van der Waals surface area contributed by atoms with Gasteiger partial charge >= 0.3 is 0 Å². The van der Waals surface area contributed by atoms with E-state index in [2.05, 4.69) is 46.9 Å². The molecule has 0 amide bonds. The van der Waals surface area contributed by atoms with E-state index in [9.17, 15) is 0 Å². The number of aryl methyl sites for hydroxylation is 1. The van der Waals surface area contributed by atoms with Crippen molar-refractivity contribution in [1.29, 1.82) is 0 Å². The van der Waals surface area contributed by atoms with Gasteiger partial charge in [-0.3, -0.25) is 0 Å². The maximum atomic E-state index is 4.47. The summed E-state index contributed by atoms with van der Waals surface area (Å²) in [7, 11) is 0. The SMILES string of the molecule is CCc1ccc2c(c1)N(CC)c1nccnc1S2. The van der Waals surface area contributed by atoms with E-state index in [4.69, 9.17) is 0 Å². The van der Waals surface area contributed by atoms with Crippen LogP contribution in [0.3, 0.4) is 0 Å². The van der Waals surface area contributed by atoms with Crippen molar-refractivity contribution in [3.05, 3.63) is 36.2 Å². The third-order valence-electron chi connectivity index (χ3n) is 3.15. The molecule has 0 bridgehead atoms. The van der Waals surface area contributed by atoms with Gasteiger partial charge in [0.1, 0.15) is 5.03 Å². The van der Waals surface area contributed by atoms with Crippen LogP contribution in [0.1, 0.15) is 19.4 Å². The first-order valence-electron chi connectivity index (χ1n) is 6.22. The molecule has 0 saturated heterocycles. The second-order valence-corrected chi connectivity index (χ2v) is 5.22. The number of aromatic nitrogens is 2. The lowest BCUT2D eigenvalue weighted by molar-refractivity contribution is 0.902. The molecule has 1 aliphatic rings. The Morgan fingerprint density at radius 2 is 2.00 bits per heavy atom. The van der Waals surface area contributed by atoms with Crippen LogP contribution in [0.25, 0.3) is 0 Å². The van der Waals surface area contributed by atoms with E-state index >= 15 is 0 Å². The van der Waals surface area contributed by atoms with Crippen LogP contribution >= 0.6 is 11.8 Å². The topological polar surface area (TPSA) is 29.0 Å². The molecular formula is C14H15N3S. The van der Waals surface area contributed by atoms with Gasteiger partial charge in [-0.25, -0.2) is 9.97 Å². The summed E-state index contributed by atoms with van der Waals surface area (Å²) in [5.74, 6) is 0.978. The van der Waals surface area contributed by atoms with Gasteiger partial charge in [0.15, 0.2) is 5.82 Å². The van der Waals surface area contributed by atoms with Gasteiger partial charge in [0.25, 0.3) is 0 Å². The van der Waals surface area contributed by atoms with E-state index in [0.29, 0.717) is 0 Å². The largest absolute Gasteiger partial charge is 0.323 e. The normalized spacial score (nSPS) is 13.1. The molecule has 0 radical (unpaired) electrons. The fourth-order valence-corrected chi connectivity index (χ4v) is 3.18. The third-order valence-corrected chi connectivity index (χ3v) is 4.19. The number of anilines is 2. The molecule has 4 heteroatoms. The van der Waals surface area contributed by atoms with Crippen LogP contribution in [0.2, 0.25) is 0 Å². The van der Waals surface area contributed by atoms with Crippen molar-refractivity contribution in [2.45, 2.75) is 30.2 Å². The van der Waals surface area contributed by atoms with Crippen LogP contribution in [0.5, 0.6) is 0 Å². The standard InChI is InChI=1S/C14H15N3S/c1-3-10-5-6-12-11(9-10)17(4-2)13-14(18-12)16-8-7-15-13/h5-9H,3-4H2,1-2H3. The molecule has 92 valence electrons. The molecule has 0 saturated carbocycles. The lowest BCUT2D eigenvalue weighted by Gasteiger charge is -2.30. The summed E-state index contributed by atoms with van der Waals surface area (Å²) in [6.07, 6.45) is 4.57. The van der Waals surface area contributed by atoms with Crippen LogP contribution in [0.4, 0.5) is 11.5 Å². The van der Waals surface area contributed by atoms with Crippen LogP contribution in [-0.4, -0.2) is 16.5 Å². The number of rotatable bonds is 2. The van der Waals surface area contributed by atoms with Gasteiger partial charge in [-0.2, -0.15) is 0 Å². The summed E-state index contributed by atoms with van der Waals surface area (Å²) in [5, 5.41) is 0.996. The highest BCUT2D eigenvalue weighted by Gasteiger charge is 2.24. The Balaban J connectivity index is 2.15. The number of hydrogen-bond donors (Lipinski definition) is 0. The molecule has 18 heavy (non-hydrogen) atoms. The lowest BCUT2D eigenvalue weighted by Crippen LogP contribution is -2.21. The minimum absolute atomic E-state index is 0.909. The van der Waals surface area contributed by atoms with E-state index in [-0.39, 0.29) is 0 Å². The van der Waals surface area contributed by atoms with Crippen LogP contribution in [0, 0.1) is 0 Å².